The lowest BCUT2D eigenvalue weighted by Gasteiger charge is -2.40. The number of morpholine rings is 1. The molecule has 1 saturated heterocycles. The van der Waals surface area contributed by atoms with E-state index < -0.39 is 23.7 Å². The summed E-state index contributed by atoms with van der Waals surface area (Å²) in [5.74, 6) is -1.79. The van der Waals surface area contributed by atoms with Gasteiger partial charge < -0.3 is 20.7 Å². The summed E-state index contributed by atoms with van der Waals surface area (Å²) in [5.41, 5.74) is 5.94. The summed E-state index contributed by atoms with van der Waals surface area (Å²) in [6.07, 6.45) is 5.11. The Morgan fingerprint density at radius 1 is 1.30 bits per heavy atom. The molecule has 2 saturated carbocycles. The highest BCUT2D eigenvalue weighted by molar-refractivity contribution is 6.09. The molecule has 1 aromatic carbocycles. The molecule has 0 bridgehead atoms. The van der Waals surface area contributed by atoms with Crippen LogP contribution in [0.5, 0.6) is 0 Å². The maximum Gasteiger partial charge on any atom is 0.253 e. The average molecular weight is 418 g/mol. The van der Waals surface area contributed by atoms with E-state index in [-0.39, 0.29) is 24.2 Å². The van der Waals surface area contributed by atoms with Crippen LogP contribution in [0, 0.1) is 11.7 Å². The first-order chi connectivity index (χ1) is 14.4. The van der Waals surface area contributed by atoms with Gasteiger partial charge in [-0.25, -0.2) is 4.39 Å². The average Bonchev–Trinajstić information content (AvgIpc) is 3.46. The number of rotatable bonds is 8. The molecule has 0 radical (unpaired) electrons. The van der Waals surface area contributed by atoms with E-state index in [9.17, 15) is 18.8 Å². The molecule has 9 heteroatoms. The Hall–Kier alpha value is -2.52. The van der Waals surface area contributed by atoms with E-state index in [0.29, 0.717) is 31.3 Å². The molecule has 162 valence electrons. The Morgan fingerprint density at radius 3 is 2.63 bits per heavy atom. The van der Waals surface area contributed by atoms with Crippen LogP contribution in [0.15, 0.2) is 18.2 Å². The molecule has 0 aromatic heterocycles. The number of nitrogens with one attached hydrogen (secondary N) is 1. The van der Waals surface area contributed by atoms with Gasteiger partial charge in [0.15, 0.2) is 6.04 Å². The number of primary amides is 1. The summed E-state index contributed by atoms with van der Waals surface area (Å²) in [7, 11) is 0. The van der Waals surface area contributed by atoms with Crippen LogP contribution in [0.1, 0.15) is 32.1 Å². The fourth-order valence-electron chi connectivity index (χ4n) is 3.99. The van der Waals surface area contributed by atoms with Crippen molar-refractivity contribution in [1.29, 1.82) is 0 Å². The van der Waals surface area contributed by atoms with Gasteiger partial charge in [0.05, 0.1) is 12.3 Å². The van der Waals surface area contributed by atoms with E-state index in [4.69, 9.17) is 10.5 Å². The van der Waals surface area contributed by atoms with Crippen LogP contribution >= 0.6 is 0 Å². The summed E-state index contributed by atoms with van der Waals surface area (Å²) in [6.45, 7) is 1.33. The van der Waals surface area contributed by atoms with E-state index in [0.717, 1.165) is 32.1 Å². The second-order valence-corrected chi connectivity index (χ2v) is 8.28. The predicted octanol–water partition coefficient (Wildman–Crippen LogP) is 1.25. The number of hydrogen-bond acceptors (Lipinski definition) is 5. The molecule has 3 aliphatic rings. The molecule has 0 spiro atoms. The number of hydrogen-bond donors (Lipinski definition) is 2. The highest BCUT2D eigenvalue weighted by Gasteiger charge is 2.41. The lowest BCUT2D eigenvalue weighted by molar-refractivity contribution is -0.135. The largest absolute Gasteiger partial charge is 0.370 e. The van der Waals surface area contributed by atoms with E-state index >= 15 is 0 Å². The van der Waals surface area contributed by atoms with E-state index in [1.807, 2.05) is 4.90 Å². The van der Waals surface area contributed by atoms with Gasteiger partial charge in [-0.05, 0) is 49.8 Å². The van der Waals surface area contributed by atoms with Gasteiger partial charge in [-0.2, -0.15) is 0 Å². The second-order valence-electron chi connectivity index (χ2n) is 8.28. The minimum absolute atomic E-state index is 0.0433. The lowest BCUT2D eigenvalue weighted by atomic mass is 9.89. The van der Waals surface area contributed by atoms with Gasteiger partial charge in [0.25, 0.3) is 11.8 Å². The molecule has 1 heterocycles. The highest BCUT2D eigenvalue weighted by atomic mass is 19.1. The Morgan fingerprint density at radius 2 is 2.07 bits per heavy atom. The van der Waals surface area contributed by atoms with E-state index in [2.05, 4.69) is 5.32 Å². The summed E-state index contributed by atoms with van der Waals surface area (Å²) in [5, 5.41) is 2.53. The number of nitrogens with two attached hydrogens (primary N) is 1. The summed E-state index contributed by atoms with van der Waals surface area (Å²) < 4.78 is 19.8. The Bertz CT molecular complexity index is 840. The standard InChI is InChI=1S/C21H27FN4O4/c22-16-10-15(25-8-9-30-12-18(25)27)6-7-17(16)24-21(29)19(20(23)28)26(11-13-4-5-13)14-2-1-3-14/h6-7,10,13-14,19H,1-5,8-9,11-12H2,(H2,23,28)(H,24,29)/t19-/m1/s1. The third kappa shape index (κ3) is 4.46. The number of anilines is 2. The number of ether oxygens (including phenoxy) is 1. The molecule has 1 aliphatic heterocycles. The van der Waals surface area contributed by atoms with Crippen molar-refractivity contribution in [1.82, 2.24) is 4.90 Å². The van der Waals surface area contributed by atoms with E-state index in [1.54, 1.807) is 6.07 Å². The first kappa shape index (κ1) is 20.7. The van der Waals surface area contributed by atoms with Crippen LogP contribution in [0.4, 0.5) is 15.8 Å². The van der Waals surface area contributed by atoms with Crippen molar-refractivity contribution >= 4 is 29.1 Å². The SMILES string of the molecule is NC(=O)[C@H](C(=O)Nc1ccc(N2CCOCC2=O)cc1F)N(CC1CC1)C1CCC1. The number of nitrogens with zero attached hydrogens (tertiary/aromatic N) is 2. The van der Waals surface area contributed by atoms with Gasteiger partial charge >= 0.3 is 0 Å². The Labute approximate surface area is 174 Å². The van der Waals surface area contributed by atoms with Crippen molar-refractivity contribution in [2.24, 2.45) is 11.7 Å². The van der Waals surface area contributed by atoms with Crippen LogP contribution in [0.3, 0.4) is 0 Å². The molecular formula is C21H27FN4O4. The predicted molar refractivity (Wildman–Crippen MR) is 108 cm³/mol. The van der Waals surface area contributed by atoms with Gasteiger partial charge in [0.1, 0.15) is 12.4 Å². The molecule has 1 atom stereocenters. The van der Waals surface area contributed by atoms with Gasteiger partial charge in [-0.3, -0.25) is 19.3 Å². The van der Waals surface area contributed by atoms with Crippen molar-refractivity contribution in [3.8, 4) is 0 Å². The molecule has 0 unspecified atom stereocenters. The highest BCUT2D eigenvalue weighted by Crippen LogP contribution is 2.35. The molecule has 30 heavy (non-hydrogen) atoms. The zero-order valence-electron chi connectivity index (χ0n) is 16.8. The minimum atomic E-state index is -1.13. The minimum Gasteiger partial charge on any atom is -0.370 e. The molecular weight excluding hydrogens is 391 g/mol. The van der Waals surface area contributed by atoms with Crippen molar-refractivity contribution in [3.63, 3.8) is 0 Å². The normalized spacial score (nSPS) is 20.7. The lowest BCUT2D eigenvalue weighted by Crippen LogP contribution is -2.57. The third-order valence-electron chi connectivity index (χ3n) is 6.07. The second kappa shape index (κ2) is 8.69. The Balaban J connectivity index is 1.49. The van der Waals surface area contributed by atoms with Crippen molar-refractivity contribution < 1.29 is 23.5 Å². The number of carbonyl (C=O) groups excluding carboxylic acids is 3. The molecule has 3 amide bonds. The monoisotopic (exact) mass is 418 g/mol. The van der Waals surface area contributed by atoms with Crippen LogP contribution < -0.4 is 16.0 Å². The first-order valence-corrected chi connectivity index (χ1v) is 10.5. The number of benzene rings is 1. The van der Waals surface area contributed by atoms with Gasteiger partial charge in [-0.15, -0.1) is 0 Å². The summed E-state index contributed by atoms with van der Waals surface area (Å²) >= 11 is 0. The number of amides is 3. The van der Waals surface area contributed by atoms with Crippen molar-refractivity contribution in [2.75, 3.05) is 36.5 Å². The van der Waals surface area contributed by atoms with Gasteiger partial charge in [-0.1, -0.05) is 6.42 Å². The molecule has 8 nitrogen and oxygen atoms in total. The van der Waals surface area contributed by atoms with Gasteiger partial charge in [0, 0.05) is 24.8 Å². The zero-order chi connectivity index (χ0) is 21.3. The van der Waals surface area contributed by atoms with Gasteiger partial charge in [0.2, 0.25) is 5.91 Å². The van der Waals surface area contributed by atoms with Crippen LogP contribution in [0.2, 0.25) is 0 Å². The molecule has 2 aliphatic carbocycles. The molecule has 1 aromatic rings. The first-order valence-electron chi connectivity index (χ1n) is 10.5. The van der Waals surface area contributed by atoms with Crippen LogP contribution in [0.25, 0.3) is 0 Å². The third-order valence-corrected chi connectivity index (χ3v) is 6.07. The maximum atomic E-state index is 14.7. The van der Waals surface area contributed by atoms with Crippen LogP contribution in [-0.4, -0.2) is 61.0 Å². The molecule has 3 N–H and O–H groups in total. The fraction of sp³-hybridized carbons (Fsp3) is 0.571. The fourth-order valence-corrected chi connectivity index (χ4v) is 3.99. The topological polar surface area (TPSA) is 105 Å². The smallest absolute Gasteiger partial charge is 0.253 e. The molecule has 3 fully saturated rings. The number of carbonyl (C=O) groups is 3. The van der Waals surface area contributed by atoms with Crippen molar-refractivity contribution in [3.05, 3.63) is 24.0 Å². The Kier molecular flexibility index (Phi) is 6.01. The van der Waals surface area contributed by atoms with E-state index in [1.165, 1.54) is 17.0 Å². The quantitative estimate of drug-likeness (QED) is 0.618. The summed E-state index contributed by atoms with van der Waals surface area (Å²) in [6, 6.07) is 3.20. The van der Waals surface area contributed by atoms with Crippen molar-refractivity contribution in [2.45, 2.75) is 44.2 Å². The summed E-state index contributed by atoms with van der Waals surface area (Å²) in [4.78, 5) is 40.4. The maximum absolute atomic E-state index is 14.7. The molecule has 4 rings (SSSR count). The zero-order valence-corrected chi connectivity index (χ0v) is 16.8. The number of halogens is 1. The van der Waals surface area contributed by atoms with Crippen LogP contribution in [-0.2, 0) is 19.1 Å².